The average Bonchev–Trinajstić information content (AvgIpc) is 2.62. The highest BCUT2D eigenvalue weighted by Gasteiger charge is 2.30. The molecule has 148 valence electrons. The third-order valence-electron chi connectivity index (χ3n) is 5.50. The zero-order valence-corrected chi connectivity index (χ0v) is 15.8. The lowest BCUT2D eigenvalue weighted by Gasteiger charge is -2.34. The van der Waals surface area contributed by atoms with Crippen molar-refractivity contribution in [2.24, 2.45) is 5.92 Å². The maximum atomic E-state index is 12.4. The first-order chi connectivity index (χ1) is 13.4. The summed E-state index contributed by atoms with van der Waals surface area (Å²) >= 11 is 0. The van der Waals surface area contributed by atoms with Gasteiger partial charge in [0.2, 0.25) is 0 Å². The van der Waals surface area contributed by atoms with E-state index in [1.807, 2.05) is 16.7 Å². The average molecular weight is 385 g/mol. The van der Waals surface area contributed by atoms with Gasteiger partial charge in [-0.05, 0) is 30.0 Å². The fourth-order valence-electron chi connectivity index (χ4n) is 3.85. The van der Waals surface area contributed by atoms with E-state index in [4.69, 9.17) is 9.47 Å². The third kappa shape index (κ3) is 3.10. The molecule has 1 aromatic heterocycles. The fraction of sp³-hybridized carbons (Fsp3) is 0.429. The largest absolute Gasteiger partial charge is 0.485 e. The van der Waals surface area contributed by atoms with Crippen molar-refractivity contribution >= 4 is 5.97 Å². The molecule has 2 aliphatic rings. The number of carboxylic acids is 1. The van der Waals surface area contributed by atoms with E-state index in [9.17, 15) is 19.8 Å². The zero-order valence-electron chi connectivity index (χ0n) is 15.8. The van der Waals surface area contributed by atoms with E-state index in [1.54, 1.807) is 0 Å². The Morgan fingerprint density at radius 2 is 2.07 bits per heavy atom. The number of rotatable bonds is 5. The highest BCUT2D eigenvalue weighted by atomic mass is 16.6. The van der Waals surface area contributed by atoms with Gasteiger partial charge in [-0.25, -0.2) is 4.79 Å². The van der Waals surface area contributed by atoms with Gasteiger partial charge in [-0.3, -0.25) is 4.79 Å². The van der Waals surface area contributed by atoms with Crippen LogP contribution in [0.5, 0.6) is 5.75 Å². The van der Waals surface area contributed by atoms with Gasteiger partial charge in [-0.15, -0.1) is 0 Å². The van der Waals surface area contributed by atoms with Crippen LogP contribution in [-0.2, 0) is 17.8 Å². The molecule has 28 heavy (non-hydrogen) atoms. The van der Waals surface area contributed by atoms with Gasteiger partial charge in [0.25, 0.3) is 0 Å². The van der Waals surface area contributed by atoms with Crippen LogP contribution >= 0.6 is 0 Å². The first-order valence-electron chi connectivity index (χ1n) is 9.40. The minimum absolute atomic E-state index is 0.0131. The van der Waals surface area contributed by atoms with Crippen LogP contribution in [0.4, 0.5) is 0 Å². The van der Waals surface area contributed by atoms with E-state index in [2.05, 4.69) is 13.8 Å². The van der Waals surface area contributed by atoms with E-state index in [0.29, 0.717) is 36.6 Å². The highest BCUT2D eigenvalue weighted by molar-refractivity contribution is 5.87. The van der Waals surface area contributed by atoms with Gasteiger partial charge < -0.3 is 24.3 Å². The third-order valence-corrected chi connectivity index (χ3v) is 5.50. The molecule has 7 nitrogen and oxygen atoms in total. The second kappa shape index (κ2) is 7.07. The molecule has 7 heteroatoms. The first-order valence-corrected chi connectivity index (χ1v) is 9.40. The summed E-state index contributed by atoms with van der Waals surface area (Å²) in [5.41, 5.74) is 2.40. The number of ether oxygens (including phenoxy) is 2. The molecule has 0 bridgehead atoms. The Hall–Kier alpha value is -2.64. The maximum absolute atomic E-state index is 12.4. The number of aromatic carboxylic acids is 1. The molecular formula is C21H23NO6. The molecule has 0 radical (unpaired) electrons. The van der Waals surface area contributed by atoms with Crippen LogP contribution in [0.3, 0.4) is 0 Å². The van der Waals surface area contributed by atoms with E-state index in [-0.39, 0.29) is 30.2 Å². The smallest absolute Gasteiger partial charge is 0.341 e. The molecule has 4 rings (SSSR count). The van der Waals surface area contributed by atoms with Crippen LogP contribution < -0.4 is 10.2 Å². The van der Waals surface area contributed by atoms with Gasteiger partial charge in [0, 0.05) is 29.4 Å². The molecule has 0 amide bonds. The molecule has 2 aromatic rings. The molecule has 1 fully saturated rings. The van der Waals surface area contributed by atoms with E-state index < -0.39 is 11.4 Å². The van der Waals surface area contributed by atoms with Crippen molar-refractivity contribution in [3.05, 3.63) is 51.3 Å². The van der Waals surface area contributed by atoms with Gasteiger partial charge in [0.1, 0.15) is 17.4 Å². The van der Waals surface area contributed by atoms with E-state index in [0.717, 1.165) is 11.1 Å². The number of aliphatic hydroxyl groups is 1. The Morgan fingerprint density at radius 3 is 2.64 bits per heavy atom. The van der Waals surface area contributed by atoms with Crippen molar-refractivity contribution in [1.29, 1.82) is 0 Å². The topological polar surface area (TPSA) is 98.0 Å². The van der Waals surface area contributed by atoms with Gasteiger partial charge in [-0.2, -0.15) is 0 Å². The quantitative estimate of drug-likeness (QED) is 0.819. The molecule has 1 atom stereocenters. The number of nitrogens with zero attached hydrogens (tertiary/aromatic N) is 1. The molecular weight excluding hydrogens is 362 g/mol. The number of fused-ring (bicyclic) bond motifs is 3. The molecule has 2 N–H and O–H groups in total. The molecule has 0 aliphatic carbocycles. The minimum atomic E-state index is -1.23. The SMILES string of the molecule is CC(C)C1Cc2cc(OC3COC3)c(CO)cc2-c2cc(=O)c(C(=O)O)cn21. The summed E-state index contributed by atoms with van der Waals surface area (Å²) in [5, 5.41) is 19.2. The number of carboxylic acid groups (broad SMARTS) is 1. The number of hydrogen-bond acceptors (Lipinski definition) is 5. The van der Waals surface area contributed by atoms with Crippen molar-refractivity contribution in [2.45, 2.75) is 39.0 Å². The maximum Gasteiger partial charge on any atom is 0.341 e. The lowest BCUT2D eigenvalue weighted by Crippen LogP contribution is -2.38. The number of pyridine rings is 1. The number of aromatic nitrogens is 1. The van der Waals surface area contributed by atoms with Crippen LogP contribution in [0.2, 0.25) is 0 Å². The Kier molecular flexibility index (Phi) is 4.72. The summed E-state index contributed by atoms with van der Waals surface area (Å²) in [6, 6.07) is 5.18. The molecule has 0 spiro atoms. The molecule has 1 aromatic carbocycles. The lowest BCUT2D eigenvalue weighted by molar-refractivity contribution is -0.0802. The van der Waals surface area contributed by atoms with E-state index >= 15 is 0 Å². The van der Waals surface area contributed by atoms with Gasteiger partial charge in [0.15, 0.2) is 5.43 Å². The van der Waals surface area contributed by atoms with Crippen molar-refractivity contribution in [2.75, 3.05) is 13.2 Å². The van der Waals surface area contributed by atoms with Crippen molar-refractivity contribution < 1.29 is 24.5 Å². The summed E-state index contributed by atoms with van der Waals surface area (Å²) in [5.74, 6) is -0.357. The lowest BCUT2D eigenvalue weighted by atomic mass is 9.86. The Morgan fingerprint density at radius 1 is 1.32 bits per heavy atom. The molecule has 2 aliphatic heterocycles. The minimum Gasteiger partial charge on any atom is -0.485 e. The molecule has 3 heterocycles. The number of carbonyl (C=O) groups is 1. The van der Waals surface area contributed by atoms with Crippen molar-refractivity contribution in [3.63, 3.8) is 0 Å². The van der Waals surface area contributed by atoms with Crippen molar-refractivity contribution in [1.82, 2.24) is 4.57 Å². The van der Waals surface area contributed by atoms with E-state index in [1.165, 1.54) is 12.3 Å². The van der Waals surface area contributed by atoms with Crippen LogP contribution in [0.15, 0.2) is 29.2 Å². The number of benzene rings is 1. The summed E-state index contributed by atoms with van der Waals surface area (Å²) in [6.45, 7) is 5.02. The standard InChI is InChI=1S/C21H23NO6/c1-11(2)17-4-12-5-20(28-14-9-27-10-14)13(8-23)3-15(12)18-6-19(24)16(21(25)26)7-22(17)18/h3,5-7,11,14,17,23H,4,8-10H2,1-2H3,(H,25,26). The Bertz CT molecular complexity index is 989. The molecule has 0 saturated carbocycles. The molecule has 1 unspecified atom stereocenters. The highest BCUT2D eigenvalue weighted by Crippen LogP contribution is 2.40. The van der Waals surface area contributed by atoms with Crippen LogP contribution in [0, 0.1) is 5.92 Å². The monoisotopic (exact) mass is 385 g/mol. The fourth-order valence-corrected chi connectivity index (χ4v) is 3.85. The normalized spacial score (nSPS) is 18.4. The van der Waals surface area contributed by atoms with Crippen LogP contribution in [-0.4, -0.2) is 40.1 Å². The van der Waals surface area contributed by atoms with Gasteiger partial charge in [0.05, 0.1) is 25.5 Å². The van der Waals surface area contributed by atoms with Crippen molar-refractivity contribution in [3.8, 4) is 17.0 Å². The predicted molar refractivity (Wildman–Crippen MR) is 102 cm³/mol. The Balaban J connectivity index is 1.88. The summed E-state index contributed by atoms with van der Waals surface area (Å²) in [4.78, 5) is 23.8. The summed E-state index contributed by atoms with van der Waals surface area (Å²) in [6.07, 6.45) is 2.12. The van der Waals surface area contributed by atoms with Gasteiger partial charge in [-0.1, -0.05) is 13.8 Å². The molecule has 1 saturated heterocycles. The number of hydrogen-bond donors (Lipinski definition) is 2. The predicted octanol–water partition coefficient (Wildman–Crippen LogP) is 2.24. The second-order valence-electron chi connectivity index (χ2n) is 7.72. The van der Waals surface area contributed by atoms with Crippen LogP contribution in [0.1, 0.15) is 41.4 Å². The zero-order chi connectivity index (χ0) is 20.0. The van der Waals surface area contributed by atoms with Gasteiger partial charge >= 0.3 is 5.97 Å². The number of aliphatic hydroxyl groups excluding tert-OH is 1. The second-order valence-corrected chi connectivity index (χ2v) is 7.72. The first kappa shape index (κ1) is 18.7. The summed E-state index contributed by atoms with van der Waals surface area (Å²) in [7, 11) is 0. The van der Waals surface area contributed by atoms with Crippen LogP contribution in [0.25, 0.3) is 11.3 Å². The summed E-state index contributed by atoms with van der Waals surface area (Å²) < 4.78 is 13.0. The Labute approximate surface area is 162 Å².